The molecule has 0 bridgehead atoms. The monoisotopic (exact) mass is 1470 g/mol. The lowest BCUT2D eigenvalue weighted by Gasteiger charge is -1.41. The van der Waals surface area contributed by atoms with E-state index >= 15 is 0 Å². The molecule has 0 nitrogen and oxygen atoms in total. The molecule has 0 heteroatoms. The smallest absolute Gasteiger partial charge is 0 e. The highest BCUT2D eigenvalue weighted by Crippen LogP contribution is 1.68. The molecule has 0 radical (unpaired) electrons. The Kier molecular flexibility index (Phi) is 73.7. The van der Waals surface area contributed by atoms with Crippen LogP contribution in [-0.4, -0.2) is 0 Å². The van der Waals surface area contributed by atoms with Crippen LogP contribution in [0.25, 0.3) is 0 Å². The van der Waals surface area contributed by atoms with Crippen molar-refractivity contribution >= 4 is 0 Å². The van der Waals surface area contributed by atoms with Gasteiger partial charge in [0, 0.05) is 585 Å². The first kappa shape index (κ1) is 95.3. The van der Waals surface area contributed by atoms with Crippen molar-refractivity contribution in [3.63, 3.8) is 0 Å². The molecule has 0 aliphatic carbocycles. The minimum atomic E-state index is 2.37. The Morgan fingerprint density at radius 1 is 0.0410 bits per heavy atom. The van der Waals surface area contributed by atoms with Gasteiger partial charge >= 0.3 is 0 Å². The lowest BCUT2D eigenvalue weighted by atomic mass is 10.6. The maximum absolute atomic E-state index is 3.32. The molecule has 0 amide bonds. The molecule has 0 heterocycles. The van der Waals surface area contributed by atoms with Gasteiger partial charge in [-0.25, -0.2) is 0 Å². The summed E-state index contributed by atoms with van der Waals surface area (Å²) >= 11 is 0. The van der Waals surface area contributed by atoms with Crippen molar-refractivity contribution in [3.05, 3.63) is 701 Å². The third-order valence-electron chi connectivity index (χ3n) is 7.49. The van der Waals surface area contributed by atoms with Gasteiger partial charge in [0.2, 0.25) is 0 Å². The van der Waals surface area contributed by atoms with Gasteiger partial charge in [-0.1, -0.05) is 11.5 Å². The summed E-state index contributed by atoms with van der Waals surface area (Å²) in [6.07, 6.45) is 0. The predicted molar refractivity (Wildman–Crippen MR) is 433 cm³/mol. The van der Waals surface area contributed by atoms with E-state index < -0.39 is 0 Å². The molecule has 0 rings (SSSR count). The third-order valence-corrected chi connectivity index (χ3v) is 7.49. The van der Waals surface area contributed by atoms with E-state index in [1.807, 2.05) is 0 Å². The molecule has 0 unspecified atom stereocenters. The molecule has 0 aromatic rings. The van der Waals surface area contributed by atoms with Crippen LogP contribution in [-0.2, 0) is 0 Å². The average Bonchev–Trinajstić information content (AvgIpc) is 1.30. The third kappa shape index (κ3) is 93.3. The summed E-state index contributed by atoms with van der Waals surface area (Å²) in [6.45, 7) is 6.64. The maximum Gasteiger partial charge on any atom is 0 e. The van der Waals surface area contributed by atoms with Crippen LogP contribution in [0, 0.1) is 0 Å². The van der Waals surface area contributed by atoms with Gasteiger partial charge in [-0.05, 0) is 105 Å². The van der Waals surface area contributed by atoms with Crippen molar-refractivity contribution in [3.8, 4) is 0 Å². The quantitative estimate of drug-likeness (QED) is 0.212. The molecule has 0 aromatic carbocycles. The van der Waals surface area contributed by atoms with Crippen LogP contribution >= 0.6 is 0 Å². The summed E-state index contributed by atoms with van der Waals surface area (Å²) in [5.41, 5.74) is 299. The van der Waals surface area contributed by atoms with Crippen LogP contribution in [0.15, 0.2) is 701 Å². The van der Waals surface area contributed by atoms with Gasteiger partial charge in [0.25, 0.3) is 0 Å². The summed E-state index contributed by atoms with van der Waals surface area (Å²) in [5, 5.41) is 0. The van der Waals surface area contributed by atoms with Crippen LogP contribution in [0.2, 0.25) is 0 Å². The van der Waals surface area contributed by atoms with Crippen molar-refractivity contribution in [1.82, 2.24) is 0 Å². The van der Waals surface area contributed by atoms with Crippen molar-refractivity contribution in [2.45, 2.75) is 0 Å². The summed E-state index contributed by atoms with van der Waals surface area (Å²) in [6, 6.07) is 0. The highest BCUT2D eigenvalue weighted by molar-refractivity contribution is 5.04. The first-order valence-electron chi connectivity index (χ1n) is 30.5. The first-order valence-corrected chi connectivity index (χ1v) is 30.5. The molecule has 0 saturated carbocycles. The molecule has 492 valence electrons. The molecule has 122 heavy (non-hydrogen) atoms. The van der Waals surface area contributed by atoms with Gasteiger partial charge < -0.3 is 0 Å². The Bertz CT molecular complexity index is 9150. The van der Waals surface area contributed by atoms with E-state index in [0.29, 0.717) is 0 Å². The van der Waals surface area contributed by atoms with E-state index in [1.54, 1.807) is 0 Å². The van der Waals surface area contributed by atoms with Crippen LogP contribution in [0.1, 0.15) is 0 Å². The van der Waals surface area contributed by atoms with Gasteiger partial charge in [-0.2, -0.15) is 0 Å². The van der Waals surface area contributed by atoms with E-state index in [9.17, 15) is 0 Å². The lowest BCUT2D eigenvalue weighted by molar-refractivity contribution is 2.10. The Hall–Kier alpha value is -26.7. The minimum Gasteiger partial charge on any atom is -0.0687 e. The van der Waals surface area contributed by atoms with Gasteiger partial charge in [0.05, 0.1) is 0 Å². The first-order chi connectivity index (χ1) is 60.9. The number of hydrogen-bond donors (Lipinski definition) is 0. The average molecular weight is 1470 g/mol. The molecule has 0 aliphatic heterocycles. The van der Waals surface area contributed by atoms with Crippen molar-refractivity contribution in [1.29, 1.82) is 0 Å². The molecular weight excluding hydrogens is 1470 g/mol. The Balaban J connectivity index is 6.20. The zero-order valence-corrected chi connectivity index (χ0v) is 61.4. The Labute approximate surface area is 695 Å². The predicted octanol–water partition coefficient (Wildman–Crippen LogP) is 19.4. The second-order valence-corrected chi connectivity index (χ2v) is 15.1. The Morgan fingerprint density at radius 3 is 0.0902 bits per heavy atom. The highest BCUT2D eigenvalue weighted by atomic mass is 13.5. The summed E-state index contributed by atoms with van der Waals surface area (Å²) in [4.78, 5) is 0. The van der Waals surface area contributed by atoms with Crippen molar-refractivity contribution in [2.75, 3.05) is 0 Å². The topological polar surface area (TPSA) is 0 Å². The van der Waals surface area contributed by atoms with Gasteiger partial charge in [-0.15, -0.1) is 0 Å². The summed E-state index contributed by atoms with van der Waals surface area (Å²) in [5.74, 6) is 0. The standard InChI is InChI=1S/C122H4/c1-3-5-7-9-11-13-15-17-19-21-23-25-27-29-31-33-35-37-39-41-43-45-47-49-51-53-55-57-59-61-63-65-67-69-71-73-75-77-79-81-83-85-87-89-91-93-95-97-99-101-103-105-107-109-111-113-115-117-119-121-122-120-118-116-114-112-110-108-106-104-102-100-98-96-94-92-90-88-86-84-82-80-78-76-74-72-70-68-66-64-62-60-58-56-54-52-50-48-46-44-42-40-38-36-34-32-30-28-26-24-22-20-18-16-14-12-10-8-6-4-2/h1-2H2. The second-order valence-electron chi connectivity index (χ2n) is 15.1. The van der Waals surface area contributed by atoms with E-state index in [1.165, 1.54) is 0 Å². The zero-order valence-electron chi connectivity index (χ0n) is 61.4. The fourth-order valence-corrected chi connectivity index (χ4v) is 3.71. The summed E-state index contributed by atoms with van der Waals surface area (Å²) < 4.78 is 0. The van der Waals surface area contributed by atoms with E-state index in [2.05, 4.69) is 701 Å². The maximum atomic E-state index is 3.32. The van der Waals surface area contributed by atoms with Gasteiger partial charge in [-0.3, -0.25) is 0 Å². The normalized spacial score (nSPS) is 3.97. The fraction of sp³-hybridized carbons (Fsp3) is 0. The largest absolute Gasteiger partial charge is 0.0687 e. The molecule has 0 aliphatic rings. The Morgan fingerprint density at radius 2 is 0.0656 bits per heavy atom. The summed E-state index contributed by atoms with van der Waals surface area (Å²) in [7, 11) is 0. The fourth-order valence-electron chi connectivity index (χ4n) is 3.71. The molecule has 0 spiro atoms. The molecular formula is C122H4. The SMILES string of the molecule is C=C=C=C=C=C=C=C=C=C=C=C=C=C=C=C=C=C=C=C=C=C=C=C=C=C=C=C=C=C=C=C=C=C=C=C=C=C=C=C=C=C=C=C=C=C=C=C=C=C=C=C=C=C=C=C=C=C=C=C=C=C=C=C=C=C=C=C=C=C=C=C=C=C=C=C=C=C=C=C=C=C=C=C=C=C=C=C=C=C=C=C=C=C=C=C=C=C=C=C=C=C=C=C=C=C=C=C=C=C=C=C=C=C=C=C=C=C=C=C=C=C. The van der Waals surface area contributed by atoms with Crippen LogP contribution in [0.5, 0.6) is 0 Å². The number of rotatable bonds is 0. The molecule has 0 saturated heterocycles. The van der Waals surface area contributed by atoms with Crippen molar-refractivity contribution in [2.24, 2.45) is 0 Å². The minimum absolute atomic E-state index is 2.37. The molecule has 0 fully saturated rings. The second kappa shape index (κ2) is 94.3. The lowest BCUT2D eigenvalue weighted by Crippen LogP contribution is -1.26. The van der Waals surface area contributed by atoms with E-state index in [4.69, 9.17) is 0 Å². The zero-order chi connectivity index (χ0) is 86.9. The molecule has 0 atom stereocenters. The van der Waals surface area contributed by atoms with E-state index in [0.717, 1.165) is 0 Å². The van der Waals surface area contributed by atoms with E-state index in [-0.39, 0.29) is 0 Å². The van der Waals surface area contributed by atoms with Crippen LogP contribution in [0.3, 0.4) is 0 Å². The van der Waals surface area contributed by atoms with Crippen LogP contribution < -0.4 is 0 Å². The van der Waals surface area contributed by atoms with Crippen LogP contribution in [0.4, 0.5) is 0 Å². The number of hydrogen-bond acceptors (Lipinski definition) is 0. The molecule has 0 N–H and O–H groups in total. The highest BCUT2D eigenvalue weighted by Gasteiger charge is 1.53. The molecule has 0 aromatic heterocycles. The van der Waals surface area contributed by atoms with Gasteiger partial charge in [0.15, 0.2) is 0 Å². The van der Waals surface area contributed by atoms with Crippen molar-refractivity contribution < 1.29 is 0 Å². The van der Waals surface area contributed by atoms with Gasteiger partial charge in [0.1, 0.15) is 0 Å².